The molecule has 1 aromatic carbocycles. The Kier molecular flexibility index (Phi) is 3.69. The molecule has 3 aromatic rings. The van der Waals surface area contributed by atoms with Gasteiger partial charge in [0.2, 0.25) is 0 Å². The van der Waals surface area contributed by atoms with Crippen molar-refractivity contribution in [2.24, 2.45) is 0 Å². The second kappa shape index (κ2) is 5.87. The van der Waals surface area contributed by atoms with Crippen molar-refractivity contribution in [1.82, 2.24) is 19.5 Å². The topological polar surface area (TPSA) is 69.9 Å². The first-order valence-corrected chi connectivity index (χ1v) is 8.08. The van der Waals surface area contributed by atoms with Crippen LogP contribution in [0.1, 0.15) is 36.4 Å². The molecule has 2 atom stereocenters. The van der Waals surface area contributed by atoms with Crippen molar-refractivity contribution >= 4 is 28.7 Å². The van der Waals surface area contributed by atoms with Gasteiger partial charge in [0.1, 0.15) is 11.8 Å². The molecule has 2 heterocycles. The fourth-order valence-electron chi connectivity index (χ4n) is 3.40. The molecule has 2 aromatic heterocycles. The van der Waals surface area contributed by atoms with Crippen LogP contribution in [0.25, 0.3) is 11.2 Å². The second-order valence-electron chi connectivity index (χ2n) is 5.87. The van der Waals surface area contributed by atoms with E-state index in [1.165, 1.54) is 24.4 Å². The van der Waals surface area contributed by atoms with Crippen LogP contribution in [0.4, 0.5) is 0 Å². The Morgan fingerprint density at radius 3 is 2.88 bits per heavy atom. The van der Waals surface area contributed by atoms with Crippen molar-refractivity contribution in [3.8, 4) is 0 Å². The van der Waals surface area contributed by atoms with E-state index in [-0.39, 0.29) is 17.9 Å². The van der Waals surface area contributed by atoms with E-state index in [0.717, 1.165) is 6.42 Å². The summed E-state index contributed by atoms with van der Waals surface area (Å²) in [4.78, 5) is 23.8. The van der Waals surface area contributed by atoms with Gasteiger partial charge in [0, 0.05) is 12.8 Å². The number of rotatable bonds is 3. The van der Waals surface area contributed by atoms with Crippen molar-refractivity contribution in [1.29, 1.82) is 0 Å². The number of imidazole rings is 1. The van der Waals surface area contributed by atoms with Gasteiger partial charge in [0.15, 0.2) is 10.8 Å². The number of halogens is 1. The number of ether oxygens (including phenoxy) is 1. The van der Waals surface area contributed by atoms with Crippen LogP contribution < -0.4 is 0 Å². The van der Waals surface area contributed by atoms with Crippen LogP contribution in [0.15, 0.2) is 36.9 Å². The molecule has 0 N–H and O–H groups in total. The quantitative estimate of drug-likeness (QED) is 0.540. The maximum absolute atomic E-state index is 11.2. The van der Waals surface area contributed by atoms with Gasteiger partial charge >= 0.3 is 5.97 Å². The average Bonchev–Trinajstić information content (AvgIpc) is 3.15. The number of aromatic nitrogens is 4. The second-order valence-corrected chi connectivity index (χ2v) is 6.23. The van der Waals surface area contributed by atoms with Gasteiger partial charge in [-0.2, -0.15) is 0 Å². The monoisotopic (exact) mass is 342 g/mol. The maximum Gasteiger partial charge on any atom is 0.302 e. The first kappa shape index (κ1) is 15.1. The predicted octanol–water partition coefficient (Wildman–Crippen LogP) is 3.12. The van der Waals surface area contributed by atoms with Gasteiger partial charge in [-0.15, -0.1) is 0 Å². The summed E-state index contributed by atoms with van der Waals surface area (Å²) in [6.07, 6.45) is 4.01. The summed E-state index contributed by atoms with van der Waals surface area (Å²) >= 11 is 6.11. The molecule has 0 saturated carbocycles. The van der Waals surface area contributed by atoms with E-state index >= 15 is 0 Å². The summed E-state index contributed by atoms with van der Waals surface area (Å²) in [5.74, 6) is -0.103. The van der Waals surface area contributed by atoms with Crippen LogP contribution in [0, 0.1) is 0 Å². The molecule has 24 heavy (non-hydrogen) atoms. The predicted molar refractivity (Wildman–Crippen MR) is 88.9 cm³/mol. The van der Waals surface area contributed by atoms with Crippen molar-refractivity contribution < 1.29 is 9.53 Å². The number of benzene rings is 1. The highest BCUT2D eigenvalue weighted by molar-refractivity contribution is 6.33. The van der Waals surface area contributed by atoms with Crippen molar-refractivity contribution in [3.05, 3.63) is 53.2 Å². The number of hydrogen-bond acceptors (Lipinski definition) is 5. The first-order valence-electron chi connectivity index (χ1n) is 7.70. The molecule has 7 heteroatoms. The zero-order valence-electron chi connectivity index (χ0n) is 13.0. The average molecular weight is 343 g/mol. The molecule has 0 fully saturated rings. The van der Waals surface area contributed by atoms with Gasteiger partial charge in [-0.1, -0.05) is 35.9 Å². The summed E-state index contributed by atoms with van der Waals surface area (Å²) in [6.45, 7) is 1.81. The smallest absolute Gasteiger partial charge is 0.302 e. The highest BCUT2D eigenvalue weighted by Crippen LogP contribution is 2.43. The highest BCUT2D eigenvalue weighted by atomic mass is 35.5. The fourth-order valence-corrected chi connectivity index (χ4v) is 3.58. The minimum Gasteiger partial charge on any atom is -0.465 e. The number of esters is 1. The van der Waals surface area contributed by atoms with E-state index in [0.29, 0.717) is 22.9 Å². The molecule has 0 saturated heterocycles. The molecule has 122 valence electrons. The SMILES string of the molecule is CC(=O)OC[C@@H]1C[C@H](n2cnc3c(Cl)ncnc32)c2ccccc21. The van der Waals surface area contributed by atoms with Crippen LogP contribution >= 0.6 is 11.6 Å². The Morgan fingerprint density at radius 2 is 2.08 bits per heavy atom. The van der Waals surface area contributed by atoms with E-state index in [1.54, 1.807) is 6.33 Å². The van der Waals surface area contributed by atoms with E-state index in [2.05, 4.69) is 27.1 Å². The molecule has 6 nitrogen and oxygen atoms in total. The Labute approximate surface area is 143 Å². The molecule has 1 aliphatic rings. The molecule has 0 bridgehead atoms. The Balaban J connectivity index is 1.76. The first-order chi connectivity index (χ1) is 11.6. The standard InChI is InChI=1S/C17H15ClN4O2/c1-10(23)24-7-11-6-14(13-5-3-2-4-12(11)13)22-9-21-15-16(18)19-8-20-17(15)22/h2-5,8-9,11,14H,6-7H2,1H3/t11-,14-/m0/s1. The lowest BCUT2D eigenvalue weighted by Crippen LogP contribution is -2.10. The van der Waals surface area contributed by atoms with Crippen LogP contribution in [0.2, 0.25) is 5.15 Å². The van der Waals surface area contributed by atoms with Crippen molar-refractivity contribution in [2.75, 3.05) is 6.61 Å². The molecular weight excluding hydrogens is 328 g/mol. The van der Waals surface area contributed by atoms with Gasteiger partial charge in [-0.3, -0.25) is 4.79 Å². The van der Waals surface area contributed by atoms with E-state index in [9.17, 15) is 4.79 Å². The van der Waals surface area contributed by atoms with Crippen LogP contribution in [-0.4, -0.2) is 32.1 Å². The van der Waals surface area contributed by atoms with E-state index in [4.69, 9.17) is 16.3 Å². The molecule has 4 rings (SSSR count). The Hall–Kier alpha value is -2.47. The Bertz CT molecular complexity index is 924. The van der Waals surface area contributed by atoms with E-state index < -0.39 is 0 Å². The maximum atomic E-state index is 11.2. The summed E-state index contributed by atoms with van der Waals surface area (Å²) < 4.78 is 7.27. The van der Waals surface area contributed by atoms with Gasteiger partial charge in [-0.25, -0.2) is 15.0 Å². The fraction of sp³-hybridized carbons (Fsp3) is 0.294. The third kappa shape index (κ3) is 2.43. The lowest BCUT2D eigenvalue weighted by atomic mass is 10.0. The molecule has 0 radical (unpaired) electrons. The lowest BCUT2D eigenvalue weighted by molar-refractivity contribution is -0.141. The largest absolute Gasteiger partial charge is 0.465 e. The van der Waals surface area contributed by atoms with Gasteiger partial charge in [-0.05, 0) is 17.5 Å². The normalized spacial score (nSPS) is 19.4. The van der Waals surface area contributed by atoms with Gasteiger partial charge < -0.3 is 9.30 Å². The minimum absolute atomic E-state index is 0.0812. The third-order valence-electron chi connectivity index (χ3n) is 4.44. The summed E-state index contributed by atoms with van der Waals surface area (Å²) in [6, 6.07) is 8.29. The number of carbonyl (C=O) groups excluding carboxylic acids is 1. The molecule has 0 amide bonds. The summed E-state index contributed by atoms with van der Waals surface area (Å²) in [5.41, 5.74) is 3.71. The molecule has 1 aliphatic carbocycles. The molecule has 0 spiro atoms. The summed E-state index contributed by atoms with van der Waals surface area (Å²) in [5, 5.41) is 0.349. The van der Waals surface area contributed by atoms with Crippen LogP contribution in [0.3, 0.4) is 0 Å². The number of hydrogen-bond donors (Lipinski definition) is 0. The zero-order chi connectivity index (χ0) is 16.7. The zero-order valence-corrected chi connectivity index (χ0v) is 13.8. The third-order valence-corrected chi connectivity index (χ3v) is 4.72. The lowest BCUT2D eigenvalue weighted by Gasteiger charge is -2.14. The van der Waals surface area contributed by atoms with Gasteiger partial charge in [0.05, 0.1) is 19.0 Å². The highest BCUT2D eigenvalue weighted by Gasteiger charge is 2.33. The Morgan fingerprint density at radius 1 is 1.29 bits per heavy atom. The number of carbonyl (C=O) groups is 1. The number of fused-ring (bicyclic) bond motifs is 2. The van der Waals surface area contributed by atoms with Crippen LogP contribution in [0.5, 0.6) is 0 Å². The number of nitrogens with zero attached hydrogens (tertiary/aromatic N) is 4. The minimum atomic E-state index is -0.261. The van der Waals surface area contributed by atoms with Crippen molar-refractivity contribution in [2.45, 2.75) is 25.3 Å². The van der Waals surface area contributed by atoms with Crippen molar-refractivity contribution in [3.63, 3.8) is 0 Å². The summed E-state index contributed by atoms with van der Waals surface area (Å²) in [7, 11) is 0. The molecule has 0 unspecified atom stereocenters. The van der Waals surface area contributed by atoms with Gasteiger partial charge in [0.25, 0.3) is 0 Å². The molecule has 0 aliphatic heterocycles. The van der Waals surface area contributed by atoms with Crippen LogP contribution in [-0.2, 0) is 9.53 Å². The van der Waals surface area contributed by atoms with E-state index in [1.807, 2.05) is 16.7 Å². The molecular formula is C17H15ClN4O2.